The third kappa shape index (κ3) is 2.64. The monoisotopic (exact) mass is 431 g/mol. The minimum Gasteiger partial charge on any atom is -0.344 e. The Hall–Kier alpha value is -1.76. The number of carbonyl (C=O) groups excluding carboxylic acids is 1. The number of nitrogens with zero attached hydrogens (tertiary/aromatic N) is 2. The van der Waals surface area contributed by atoms with Gasteiger partial charge in [-0.05, 0) is 47.6 Å². The van der Waals surface area contributed by atoms with Crippen molar-refractivity contribution in [1.82, 2.24) is 15.0 Å². The number of rotatable bonds is 3. The van der Waals surface area contributed by atoms with Gasteiger partial charge in [0, 0.05) is 20.7 Å². The second kappa shape index (κ2) is 5.95. The van der Waals surface area contributed by atoms with Crippen molar-refractivity contribution in [2.45, 2.75) is 32.6 Å². The summed E-state index contributed by atoms with van der Waals surface area (Å²) < 4.78 is 1.15. The van der Waals surface area contributed by atoms with Crippen molar-refractivity contribution in [3.05, 3.63) is 45.8 Å². The summed E-state index contributed by atoms with van der Waals surface area (Å²) in [5, 5.41) is 0. The van der Waals surface area contributed by atoms with Gasteiger partial charge in [-0.1, -0.05) is 31.9 Å². The molecule has 122 valence electrons. The van der Waals surface area contributed by atoms with Gasteiger partial charge < -0.3 is 4.98 Å². The van der Waals surface area contributed by atoms with Crippen LogP contribution in [0.25, 0.3) is 22.4 Å². The number of fused-ring (bicyclic) bond motifs is 1. The standard InChI is InChI=1S/C19H18IN3O/c1-19(7-2-3-8-19)17(24)14-10-21-18-16(14)23-15(11-22-18)12-5-4-6-13(20)9-12/h4-6,9-11H,2-3,7-8H2,1H3,(H,21,22). The fourth-order valence-corrected chi connectivity index (χ4v) is 4.10. The van der Waals surface area contributed by atoms with Gasteiger partial charge in [-0.3, -0.25) is 4.79 Å². The molecule has 3 aromatic rings. The molecule has 1 N–H and O–H groups in total. The molecule has 0 radical (unpaired) electrons. The molecular weight excluding hydrogens is 413 g/mol. The van der Waals surface area contributed by atoms with Crippen molar-refractivity contribution < 1.29 is 4.79 Å². The number of hydrogen-bond donors (Lipinski definition) is 1. The summed E-state index contributed by atoms with van der Waals surface area (Å²) in [6.07, 6.45) is 7.71. The van der Waals surface area contributed by atoms with Crippen LogP contribution in [0.15, 0.2) is 36.7 Å². The van der Waals surface area contributed by atoms with Gasteiger partial charge in [0.1, 0.15) is 5.52 Å². The normalized spacial score (nSPS) is 16.6. The summed E-state index contributed by atoms with van der Waals surface area (Å²) >= 11 is 2.29. The number of aromatic amines is 1. The molecule has 4 rings (SSSR count). The maximum atomic E-state index is 13.1. The van der Waals surface area contributed by atoms with Gasteiger partial charge in [0.15, 0.2) is 11.4 Å². The highest BCUT2D eigenvalue weighted by molar-refractivity contribution is 14.1. The lowest BCUT2D eigenvalue weighted by molar-refractivity contribution is 0.0825. The Morgan fingerprint density at radius 2 is 2.08 bits per heavy atom. The number of H-pyrrole nitrogens is 1. The lowest BCUT2D eigenvalue weighted by atomic mass is 9.81. The van der Waals surface area contributed by atoms with Crippen LogP contribution in [0.5, 0.6) is 0 Å². The Morgan fingerprint density at radius 1 is 1.29 bits per heavy atom. The highest BCUT2D eigenvalue weighted by atomic mass is 127. The van der Waals surface area contributed by atoms with E-state index >= 15 is 0 Å². The zero-order valence-electron chi connectivity index (χ0n) is 13.5. The number of benzene rings is 1. The van der Waals surface area contributed by atoms with Crippen molar-refractivity contribution in [3.63, 3.8) is 0 Å². The summed E-state index contributed by atoms with van der Waals surface area (Å²) in [5.74, 6) is 0.195. The fourth-order valence-electron chi connectivity index (χ4n) is 3.56. The maximum absolute atomic E-state index is 13.1. The van der Waals surface area contributed by atoms with Crippen molar-refractivity contribution in [2.24, 2.45) is 5.41 Å². The first kappa shape index (κ1) is 15.7. The first-order chi connectivity index (χ1) is 11.6. The summed E-state index contributed by atoms with van der Waals surface area (Å²) in [6, 6.07) is 8.14. The molecule has 1 fully saturated rings. The molecule has 0 amide bonds. The Labute approximate surface area is 154 Å². The lowest BCUT2D eigenvalue weighted by Crippen LogP contribution is -2.24. The Morgan fingerprint density at radius 3 is 2.83 bits per heavy atom. The largest absolute Gasteiger partial charge is 0.344 e. The molecule has 4 nitrogen and oxygen atoms in total. The Kier molecular flexibility index (Phi) is 3.90. The molecular formula is C19H18IN3O. The molecule has 0 aliphatic heterocycles. The third-order valence-electron chi connectivity index (χ3n) is 5.00. The number of nitrogens with one attached hydrogen (secondary N) is 1. The van der Waals surface area contributed by atoms with E-state index in [0.717, 1.165) is 40.5 Å². The van der Waals surface area contributed by atoms with E-state index < -0.39 is 0 Å². The number of ketones is 1. The van der Waals surface area contributed by atoms with Gasteiger partial charge in [0.2, 0.25) is 0 Å². The maximum Gasteiger partial charge on any atom is 0.172 e. The average Bonchev–Trinajstić information content (AvgIpc) is 3.21. The van der Waals surface area contributed by atoms with E-state index in [1.807, 2.05) is 18.2 Å². The minimum atomic E-state index is -0.255. The second-order valence-corrected chi connectivity index (χ2v) is 8.01. The molecule has 24 heavy (non-hydrogen) atoms. The smallest absolute Gasteiger partial charge is 0.172 e. The topological polar surface area (TPSA) is 58.6 Å². The van der Waals surface area contributed by atoms with Gasteiger partial charge in [0.25, 0.3) is 0 Å². The van der Waals surface area contributed by atoms with Crippen LogP contribution < -0.4 is 0 Å². The predicted octanol–water partition coefficient (Wildman–Crippen LogP) is 4.99. The highest BCUT2D eigenvalue weighted by Gasteiger charge is 2.38. The van der Waals surface area contributed by atoms with Crippen LogP contribution in [0, 0.1) is 8.99 Å². The predicted molar refractivity (Wildman–Crippen MR) is 103 cm³/mol. The molecule has 1 saturated carbocycles. The molecule has 0 atom stereocenters. The minimum absolute atomic E-state index is 0.195. The van der Waals surface area contributed by atoms with Crippen LogP contribution in [0.1, 0.15) is 43.0 Å². The van der Waals surface area contributed by atoms with Gasteiger partial charge in [0.05, 0.1) is 17.5 Å². The van der Waals surface area contributed by atoms with Crippen molar-refractivity contribution in [3.8, 4) is 11.3 Å². The molecule has 0 bridgehead atoms. The zero-order valence-corrected chi connectivity index (χ0v) is 15.6. The highest BCUT2D eigenvalue weighted by Crippen LogP contribution is 2.41. The van der Waals surface area contributed by atoms with E-state index in [0.29, 0.717) is 16.7 Å². The van der Waals surface area contributed by atoms with Gasteiger partial charge in [-0.25, -0.2) is 9.97 Å². The molecule has 5 heteroatoms. The molecule has 2 aromatic heterocycles. The van der Waals surface area contributed by atoms with Gasteiger partial charge in [-0.2, -0.15) is 0 Å². The van der Waals surface area contributed by atoms with Crippen molar-refractivity contribution in [1.29, 1.82) is 0 Å². The van der Waals surface area contributed by atoms with E-state index in [4.69, 9.17) is 4.98 Å². The van der Waals surface area contributed by atoms with Crippen molar-refractivity contribution in [2.75, 3.05) is 0 Å². The van der Waals surface area contributed by atoms with Crippen molar-refractivity contribution >= 4 is 39.5 Å². The molecule has 1 aliphatic rings. The lowest BCUT2D eigenvalue weighted by Gasteiger charge is -2.20. The van der Waals surface area contributed by atoms with Crippen LogP contribution in [-0.4, -0.2) is 20.7 Å². The number of aromatic nitrogens is 3. The van der Waals surface area contributed by atoms with Crippen LogP contribution in [0.2, 0.25) is 0 Å². The second-order valence-electron chi connectivity index (χ2n) is 6.76. The molecule has 0 spiro atoms. The van der Waals surface area contributed by atoms with Gasteiger partial charge >= 0.3 is 0 Å². The van der Waals surface area contributed by atoms with Crippen LogP contribution >= 0.6 is 22.6 Å². The molecule has 0 unspecified atom stereocenters. The molecule has 1 aromatic carbocycles. The van der Waals surface area contributed by atoms with E-state index in [1.165, 1.54) is 0 Å². The molecule has 2 heterocycles. The van der Waals surface area contributed by atoms with E-state index in [9.17, 15) is 4.79 Å². The number of carbonyl (C=O) groups is 1. The SMILES string of the molecule is CC1(C(=O)c2c[nH]c3ncc(-c4cccc(I)c4)nc23)CCCC1. The quantitative estimate of drug-likeness (QED) is 0.470. The summed E-state index contributed by atoms with van der Waals surface area (Å²) in [7, 11) is 0. The summed E-state index contributed by atoms with van der Waals surface area (Å²) in [6.45, 7) is 2.08. The fraction of sp³-hybridized carbons (Fsp3) is 0.316. The average molecular weight is 431 g/mol. The first-order valence-electron chi connectivity index (χ1n) is 8.22. The number of hydrogen-bond acceptors (Lipinski definition) is 3. The summed E-state index contributed by atoms with van der Waals surface area (Å²) in [5.41, 5.74) is 3.59. The number of halogens is 1. The molecule has 1 aliphatic carbocycles. The van der Waals surface area contributed by atoms with E-state index in [-0.39, 0.29) is 11.2 Å². The summed E-state index contributed by atoms with van der Waals surface area (Å²) in [4.78, 5) is 25.4. The first-order valence-corrected chi connectivity index (χ1v) is 9.30. The Bertz CT molecular complexity index is 925. The van der Waals surface area contributed by atoms with Crippen LogP contribution in [0.3, 0.4) is 0 Å². The van der Waals surface area contributed by atoms with Crippen LogP contribution in [-0.2, 0) is 0 Å². The Balaban J connectivity index is 1.80. The van der Waals surface area contributed by atoms with E-state index in [2.05, 4.69) is 45.5 Å². The third-order valence-corrected chi connectivity index (χ3v) is 5.67. The zero-order chi connectivity index (χ0) is 16.7. The van der Waals surface area contributed by atoms with Gasteiger partial charge in [-0.15, -0.1) is 0 Å². The number of Topliss-reactive ketones (excluding diaryl/α,β-unsaturated/α-hetero) is 1. The van der Waals surface area contributed by atoms with E-state index in [1.54, 1.807) is 12.4 Å². The van der Waals surface area contributed by atoms with Crippen LogP contribution in [0.4, 0.5) is 0 Å². The molecule has 0 saturated heterocycles.